The lowest BCUT2D eigenvalue weighted by atomic mass is 9.99. The van der Waals surface area contributed by atoms with Crippen molar-refractivity contribution in [2.45, 2.75) is 37.3 Å². The third kappa shape index (κ3) is 2.99. The molecule has 2 heterocycles. The number of hydrogen-bond donors (Lipinski definition) is 4. The number of aliphatic hydroxyl groups excluding tert-OH is 4. The highest BCUT2D eigenvalue weighted by molar-refractivity contribution is 5.18. The Labute approximate surface area is 114 Å². The Morgan fingerprint density at radius 1 is 1.20 bits per heavy atom. The number of nitriles is 1. The van der Waals surface area contributed by atoms with Crippen LogP contribution >= 0.6 is 0 Å². The van der Waals surface area contributed by atoms with E-state index in [2.05, 4.69) is 0 Å². The largest absolute Gasteiger partial charge is 0.448 e. The minimum atomic E-state index is -1.49. The second kappa shape index (κ2) is 6.32. The van der Waals surface area contributed by atoms with Gasteiger partial charge < -0.3 is 34.3 Å². The molecule has 0 amide bonds. The van der Waals surface area contributed by atoms with E-state index in [1.54, 1.807) is 0 Å². The van der Waals surface area contributed by atoms with Crippen LogP contribution in [0.15, 0.2) is 16.5 Å². The molecule has 1 aromatic heterocycles. The molecule has 1 saturated heterocycles. The molecule has 1 aliphatic rings. The first-order valence-corrected chi connectivity index (χ1v) is 5.97. The molecule has 20 heavy (non-hydrogen) atoms. The van der Waals surface area contributed by atoms with Crippen molar-refractivity contribution in [3.63, 3.8) is 0 Å². The van der Waals surface area contributed by atoms with Crippen molar-refractivity contribution in [1.82, 2.24) is 0 Å². The second-order valence-electron chi connectivity index (χ2n) is 4.39. The maximum atomic E-state index is 9.73. The maximum absolute atomic E-state index is 9.73. The molecule has 0 bridgehead atoms. The third-order valence-corrected chi connectivity index (χ3v) is 3.01. The highest BCUT2D eigenvalue weighted by Crippen LogP contribution is 2.23. The Balaban J connectivity index is 1.96. The van der Waals surface area contributed by atoms with Crippen LogP contribution in [0.5, 0.6) is 0 Å². The summed E-state index contributed by atoms with van der Waals surface area (Å²) in [5.74, 6) is 0.468. The van der Waals surface area contributed by atoms with Crippen molar-refractivity contribution in [2.24, 2.45) is 0 Å². The Morgan fingerprint density at radius 3 is 2.55 bits per heavy atom. The predicted octanol–water partition coefficient (Wildman–Crippen LogP) is -1.53. The van der Waals surface area contributed by atoms with Crippen LogP contribution in [0, 0.1) is 11.3 Å². The van der Waals surface area contributed by atoms with Crippen molar-refractivity contribution < 1.29 is 34.3 Å². The fourth-order valence-electron chi connectivity index (χ4n) is 1.88. The summed E-state index contributed by atoms with van der Waals surface area (Å²) >= 11 is 0. The van der Waals surface area contributed by atoms with Gasteiger partial charge in [0, 0.05) is 0 Å². The predicted molar refractivity (Wildman–Crippen MR) is 62.0 cm³/mol. The first-order chi connectivity index (χ1) is 9.56. The third-order valence-electron chi connectivity index (χ3n) is 3.01. The van der Waals surface area contributed by atoms with Gasteiger partial charge in [0.2, 0.25) is 5.76 Å². The summed E-state index contributed by atoms with van der Waals surface area (Å²) in [6.45, 7) is -0.617. The molecular weight excluding hydrogens is 270 g/mol. The average molecular weight is 285 g/mol. The number of hydrogen-bond acceptors (Lipinski definition) is 8. The molecule has 1 aromatic rings. The standard InChI is InChI=1S/C12H15NO7/c13-3-6-1-2-7(19-6)5-18-12-11(17)10(16)9(15)8(4-14)20-12/h1-2,8-12,14-17H,4-5H2/t8-,9-,10+,11-,12-/m1/s1. The maximum Gasteiger partial charge on any atom is 0.203 e. The van der Waals surface area contributed by atoms with Gasteiger partial charge in [0.05, 0.1) is 6.61 Å². The van der Waals surface area contributed by atoms with Crippen LogP contribution in [0.2, 0.25) is 0 Å². The Kier molecular flexibility index (Phi) is 4.72. The van der Waals surface area contributed by atoms with Crippen LogP contribution in [0.1, 0.15) is 11.5 Å². The molecule has 5 atom stereocenters. The van der Waals surface area contributed by atoms with E-state index >= 15 is 0 Å². The lowest BCUT2D eigenvalue weighted by molar-refractivity contribution is -0.304. The van der Waals surface area contributed by atoms with E-state index in [1.165, 1.54) is 12.1 Å². The van der Waals surface area contributed by atoms with Crippen LogP contribution < -0.4 is 0 Å². The van der Waals surface area contributed by atoms with Gasteiger partial charge in [0.25, 0.3) is 0 Å². The molecule has 0 aromatic carbocycles. The van der Waals surface area contributed by atoms with Gasteiger partial charge in [-0.2, -0.15) is 5.26 Å². The van der Waals surface area contributed by atoms with Gasteiger partial charge in [-0.05, 0) is 12.1 Å². The SMILES string of the molecule is N#Cc1ccc(CO[C@@H]2O[C@H](CO)[C@@H](O)[C@H](O)[C@H]2O)o1. The zero-order valence-corrected chi connectivity index (χ0v) is 10.4. The molecule has 0 aliphatic carbocycles. The molecule has 0 radical (unpaired) electrons. The molecule has 0 spiro atoms. The summed E-state index contributed by atoms with van der Waals surface area (Å²) < 4.78 is 15.5. The molecule has 8 heteroatoms. The fourth-order valence-corrected chi connectivity index (χ4v) is 1.88. The quantitative estimate of drug-likeness (QED) is 0.523. The van der Waals surface area contributed by atoms with E-state index in [9.17, 15) is 15.3 Å². The summed E-state index contributed by atoms with van der Waals surface area (Å²) in [6, 6.07) is 4.81. The van der Waals surface area contributed by atoms with Gasteiger partial charge in [0.15, 0.2) is 6.29 Å². The topological polar surface area (TPSA) is 136 Å². The number of nitrogens with zero attached hydrogens (tertiary/aromatic N) is 1. The van der Waals surface area contributed by atoms with Crippen molar-refractivity contribution in [3.8, 4) is 6.07 Å². The molecule has 1 fully saturated rings. The van der Waals surface area contributed by atoms with E-state index < -0.39 is 37.3 Å². The Bertz CT molecular complexity index is 480. The van der Waals surface area contributed by atoms with Crippen LogP contribution in [0.4, 0.5) is 0 Å². The van der Waals surface area contributed by atoms with E-state index in [-0.39, 0.29) is 12.4 Å². The number of furan rings is 1. The summed E-state index contributed by atoms with van der Waals surface area (Å²) in [7, 11) is 0. The van der Waals surface area contributed by atoms with Gasteiger partial charge in [-0.1, -0.05) is 0 Å². The molecule has 0 saturated carbocycles. The van der Waals surface area contributed by atoms with Gasteiger partial charge in [-0.15, -0.1) is 0 Å². The van der Waals surface area contributed by atoms with Crippen LogP contribution in [-0.2, 0) is 16.1 Å². The Hall–Kier alpha value is -1.47. The average Bonchev–Trinajstić information content (AvgIpc) is 2.92. The second-order valence-corrected chi connectivity index (χ2v) is 4.39. The highest BCUT2D eigenvalue weighted by Gasteiger charge is 2.44. The number of rotatable bonds is 4. The van der Waals surface area contributed by atoms with Gasteiger partial charge in [-0.25, -0.2) is 0 Å². The van der Waals surface area contributed by atoms with E-state index in [4.69, 9.17) is 24.3 Å². The van der Waals surface area contributed by atoms with Crippen molar-refractivity contribution >= 4 is 0 Å². The first-order valence-electron chi connectivity index (χ1n) is 5.97. The summed E-state index contributed by atoms with van der Waals surface area (Å²) in [5.41, 5.74) is 0. The lowest BCUT2D eigenvalue weighted by Crippen LogP contribution is -2.59. The van der Waals surface area contributed by atoms with Crippen LogP contribution in [-0.4, -0.2) is 57.7 Å². The smallest absolute Gasteiger partial charge is 0.203 e. The van der Waals surface area contributed by atoms with Crippen molar-refractivity contribution in [1.29, 1.82) is 5.26 Å². The number of ether oxygens (including phenoxy) is 2. The highest BCUT2D eigenvalue weighted by atomic mass is 16.7. The molecule has 110 valence electrons. The molecule has 1 aliphatic heterocycles. The molecule has 8 nitrogen and oxygen atoms in total. The summed E-state index contributed by atoms with van der Waals surface area (Å²) in [4.78, 5) is 0. The minimum Gasteiger partial charge on any atom is -0.448 e. The molecule has 4 N–H and O–H groups in total. The summed E-state index contributed by atoms with van der Waals surface area (Å²) in [5, 5.41) is 46.5. The van der Waals surface area contributed by atoms with Crippen molar-refractivity contribution in [2.75, 3.05) is 6.61 Å². The van der Waals surface area contributed by atoms with Gasteiger partial charge in [0.1, 0.15) is 42.9 Å². The minimum absolute atomic E-state index is 0.0929. The zero-order valence-electron chi connectivity index (χ0n) is 10.4. The molecule has 2 rings (SSSR count). The first kappa shape index (κ1) is 14.9. The van der Waals surface area contributed by atoms with Crippen LogP contribution in [0.25, 0.3) is 0 Å². The molecule has 0 unspecified atom stereocenters. The van der Waals surface area contributed by atoms with E-state index in [0.29, 0.717) is 5.76 Å². The summed E-state index contributed by atoms with van der Waals surface area (Å²) in [6.07, 6.45) is -6.62. The molecular formula is C12H15NO7. The zero-order chi connectivity index (χ0) is 14.7. The van der Waals surface area contributed by atoms with Gasteiger partial charge >= 0.3 is 0 Å². The normalized spacial score (nSPS) is 33.9. The lowest BCUT2D eigenvalue weighted by Gasteiger charge is -2.39. The monoisotopic (exact) mass is 285 g/mol. The van der Waals surface area contributed by atoms with E-state index in [1.807, 2.05) is 6.07 Å². The van der Waals surface area contributed by atoms with Crippen molar-refractivity contribution in [3.05, 3.63) is 23.7 Å². The fraction of sp³-hybridized carbons (Fsp3) is 0.583. The van der Waals surface area contributed by atoms with Gasteiger partial charge in [-0.3, -0.25) is 0 Å². The number of aliphatic hydroxyl groups is 4. The van der Waals surface area contributed by atoms with Crippen LogP contribution in [0.3, 0.4) is 0 Å². The van der Waals surface area contributed by atoms with E-state index in [0.717, 1.165) is 0 Å². The Morgan fingerprint density at radius 2 is 1.95 bits per heavy atom.